The molecule has 0 spiro atoms. The molecule has 1 fully saturated rings. The van der Waals surface area contributed by atoms with Crippen molar-refractivity contribution in [3.8, 4) is 5.75 Å². The molecule has 0 saturated heterocycles. The SMILES string of the molecule is CC(C)c1ccc2ccc(O[C@H]3CC[C@@H](C(F)(F)F)CC3)c(C(F)F)c2c1. The zero-order valence-corrected chi connectivity index (χ0v) is 15.3. The number of fused-ring (bicyclic) bond motifs is 1. The number of alkyl halides is 5. The van der Waals surface area contributed by atoms with E-state index >= 15 is 0 Å². The van der Waals surface area contributed by atoms with Crippen LogP contribution in [0.1, 0.15) is 63.0 Å². The second kappa shape index (κ2) is 7.64. The average Bonchev–Trinajstić information content (AvgIpc) is 2.60. The lowest BCUT2D eigenvalue weighted by Gasteiger charge is -2.30. The third kappa shape index (κ3) is 4.36. The van der Waals surface area contributed by atoms with E-state index in [4.69, 9.17) is 4.74 Å². The van der Waals surface area contributed by atoms with Gasteiger partial charge < -0.3 is 4.74 Å². The van der Waals surface area contributed by atoms with Crippen molar-refractivity contribution in [3.05, 3.63) is 41.5 Å². The van der Waals surface area contributed by atoms with Crippen LogP contribution in [0.15, 0.2) is 30.3 Å². The van der Waals surface area contributed by atoms with E-state index in [1.807, 2.05) is 26.0 Å². The Bertz CT molecular complexity index is 789. The molecule has 1 nitrogen and oxygen atoms in total. The van der Waals surface area contributed by atoms with Crippen molar-refractivity contribution in [2.75, 3.05) is 0 Å². The quantitative estimate of drug-likeness (QED) is 0.498. The summed E-state index contributed by atoms with van der Waals surface area (Å²) in [5.41, 5.74) is 0.778. The van der Waals surface area contributed by atoms with Crippen LogP contribution in [-0.2, 0) is 0 Å². The molecule has 0 bridgehead atoms. The highest BCUT2D eigenvalue weighted by Crippen LogP contribution is 2.41. The van der Waals surface area contributed by atoms with Crippen LogP contribution >= 0.6 is 0 Å². The second-order valence-corrected chi connectivity index (χ2v) is 7.55. The molecule has 27 heavy (non-hydrogen) atoms. The summed E-state index contributed by atoms with van der Waals surface area (Å²) >= 11 is 0. The Hall–Kier alpha value is -1.85. The average molecular weight is 386 g/mol. The van der Waals surface area contributed by atoms with Gasteiger partial charge in [-0.1, -0.05) is 38.1 Å². The van der Waals surface area contributed by atoms with E-state index in [2.05, 4.69) is 0 Å². The Morgan fingerprint density at radius 2 is 1.59 bits per heavy atom. The predicted octanol–water partition coefficient (Wildman–Crippen LogP) is 7.40. The van der Waals surface area contributed by atoms with Crippen molar-refractivity contribution in [3.63, 3.8) is 0 Å². The van der Waals surface area contributed by atoms with Crippen LogP contribution in [0, 0.1) is 5.92 Å². The van der Waals surface area contributed by atoms with Gasteiger partial charge in [0.15, 0.2) is 0 Å². The topological polar surface area (TPSA) is 9.23 Å². The van der Waals surface area contributed by atoms with E-state index in [1.165, 1.54) is 6.07 Å². The van der Waals surface area contributed by atoms with Crippen molar-refractivity contribution in [2.45, 2.75) is 64.2 Å². The van der Waals surface area contributed by atoms with E-state index < -0.39 is 24.6 Å². The highest BCUT2D eigenvalue weighted by molar-refractivity contribution is 5.88. The van der Waals surface area contributed by atoms with Crippen molar-refractivity contribution in [2.24, 2.45) is 5.92 Å². The highest BCUT2D eigenvalue weighted by atomic mass is 19.4. The standard InChI is InChI=1S/C21H23F5O/c1-12(2)14-4-3-13-5-10-18(19(20(22)23)17(13)11-14)27-16-8-6-15(7-9-16)21(24,25)26/h3-5,10-12,15-16,20H,6-9H2,1-2H3/t15-,16+. The summed E-state index contributed by atoms with van der Waals surface area (Å²) in [6, 6.07) is 8.72. The fourth-order valence-electron chi connectivity index (χ4n) is 3.71. The minimum absolute atomic E-state index is 0.0245. The van der Waals surface area contributed by atoms with E-state index in [0.717, 1.165) is 5.56 Å². The maximum atomic E-state index is 13.8. The number of hydrogen-bond donors (Lipinski definition) is 0. The molecule has 2 aromatic rings. The van der Waals surface area contributed by atoms with Crippen LogP contribution in [0.3, 0.4) is 0 Å². The first kappa shape index (κ1) is 19.9. The zero-order chi connectivity index (χ0) is 19.8. The smallest absolute Gasteiger partial charge is 0.391 e. The van der Waals surface area contributed by atoms with Crippen molar-refractivity contribution >= 4 is 10.8 Å². The Morgan fingerprint density at radius 1 is 0.963 bits per heavy atom. The molecule has 6 heteroatoms. The largest absolute Gasteiger partial charge is 0.490 e. The second-order valence-electron chi connectivity index (χ2n) is 7.55. The normalized spacial score (nSPS) is 21.2. The molecular weight excluding hydrogens is 363 g/mol. The summed E-state index contributed by atoms with van der Waals surface area (Å²) < 4.78 is 71.8. The summed E-state index contributed by atoms with van der Waals surface area (Å²) in [5.74, 6) is -1.05. The van der Waals surface area contributed by atoms with Crippen LogP contribution in [0.4, 0.5) is 22.0 Å². The lowest BCUT2D eigenvalue weighted by atomic mass is 9.87. The van der Waals surface area contributed by atoms with Crippen LogP contribution in [0.25, 0.3) is 10.8 Å². The summed E-state index contributed by atoms with van der Waals surface area (Å²) in [6.07, 6.45) is -7.00. The number of rotatable bonds is 4. The molecule has 0 unspecified atom stereocenters. The van der Waals surface area contributed by atoms with Crippen LogP contribution in [-0.4, -0.2) is 12.3 Å². The molecule has 0 amide bonds. The Kier molecular flexibility index (Phi) is 5.63. The number of benzene rings is 2. The van der Waals surface area contributed by atoms with Crippen molar-refractivity contribution in [1.29, 1.82) is 0 Å². The maximum Gasteiger partial charge on any atom is 0.391 e. The Labute approximate surface area is 155 Å². The molecule has 0 aliphatic heterocycles. The molecule has 0 atom stereocenters. The van der Waals surface area contributed by atoms with E-state index in [9.17, 15) is 22.0 Å². The molecule has 0 heterocycles. The minimum Gasteiger partial charge on any atom is -0.490 e. The first-order valence-electron chi connectivity index (χ1n) is 9.25. The molecule has 148 valence electrons. The summed E-state index contributed by atoms with van der Waals surface area (Å²) in [4.78, 5) is 0. The van der Waals surface area contributed by atoms with Gasteiger partial charge in [-0.3, -0.25) is 0 Å². The highest BCUT2D eigenvalue weighted by Gasteiger charge is 2.42. The molecule has 1 saturated carbocycles. The van der Waals surface area contributed by atoms with Gasteiger partial charge in [0.25, 0.3) is 6.43 Å². The molecule has 0 N–H and O–H groups in total. The lowest BCUT2D eigenvalue weighted by Crippen LogP contribution is -2.32. The first-order chi connectivity index (χ1) is 12.7. The van der Waals surface area contributed by atoms with Crippen LogP contribution < -0.4 is 4.74 Å². The van der Waals surface area contributed by atoms with E-state index in [1.54, 1.807) is 12.1 Å². The maximum absolute atomic E-state index is 13.8. The van der Waals surface area contributed by atoms with Gasteiger partial charge in [-0.15, -0.1) is 0 Å². The molecular formula is C21H23F5O. The van der Waals surface area contributed by atoms with Crippen molar-refractivity contribution < 1.29 is 26.7 Å². The van der Waals surface area contributed by atoms with E-state index in [0.29, 0.717) is 10.8 Å². The van der Waals surface area contributed by atoms with Gasteiger partial charge in [0.05, 0.1) is 17.6 Å². The van der Waals surface area contributed by atoms with Crippen LogP contribution in [0.5, 0.6) is 5.75 Å². The first-order valence-corrected chi connectivity index (χ1v) is 9.25. The van der Waals surface area contributed by atoms with Gasteiger partial charge in [-0.05, 0) is 54.0 Å². The molecule has 1 aliphatic rings. The fraction of sp³-hybridized carbons (Fsp3) is 0.524. The van der Waals surface area contributed by atoms with Gasteiger partial charge in [-0.2, -0.15) is 13.2 Å². The number of halogens is 5. The number of ether oxygens (including phenoxy) is 1. The van der Waals surface area contributed by atoms with Gasteiger partial charge in [0.1, 0.15) is 5.75 Å². The summed E-state index contributed by atoms with van der Waals surface area (Å²) in [7, 11) is 0. The van der Waals surface area contributed by atoms with Crippen molar-refractivity contribution in [1.82, 2.24) is 0 Å². The van der Waals surface area contributed by atoms with Gasteiger partial charge >= 0.3 is 6.18 Å². The van der Waals surface area contributed by atoms with Gasteiger partial charge in [-0.25, -0.2) is 8.78 Å². The Morgan fingerprint density at radius 3 is 2.15 bits per heavy atom. The summed E-state index contributed by atoms with van der Waals surface area (Å²) in [5, 5.41) is 1.14. The molecule has 0 radical (unpaired) electrons. The Balaban J connectivity index is 1.87. The lowest BCUT2D eigenvalue weighted by molar-refractivity contribution is -0.185. The van der Waals surface area contributed by atoms with Crippen LogP contribution in [0.2, 0.25) is 0 Å². The predicted molar refractivity (Wildman–Crippen MR) is 95.4 cm³/mol. The number of hydrogen-bond acceptors (Lipinski definition) is 1. The fourth-order valence-corrected chi connectivity index (χ4v) is 3.71. The van der Waals surface area contributed by atoms with E-state index in [-0.39, 0.29) is 42.9 Å². The molecule has 3 rings (SSSR count). The monoisotopic (exact) mass is 386 g/mol. The molecule has 2 aromatic carbocycles. The zero-order valence-electron chi connectivity index (χ0n) is 15.3. The molecule has 0 aromatic heterocycles. The minimum atomic E-state index is -4.20. The van der Waals surface area contributed by atoms with Gasteiger partial charge in [0.2, 0.25) is 0 Å². The third-order valence-electron chi connectivity index (χ3n) is 5.36. The summed E-state index contributed by atoms with van der Waals surface area (Å²) in [6.45, 7) is 3.98. The third-order valence-corrected chi connectivity index (χ3v) is 5.36. The molecule has 1 aliphatic carbocycles. The van der Waals surface area contributed by atoms with Gasteiger partial charge in [0, 0.05) is 0 Å².